The minimum absolute atomic E-state index is 0.211. The van der Waals surface area contributed by atoms with Crippen molar-refractivity contribution in [3.05, 3.63) is 28.8 Å². The van der Waals surface area contributed by atoms with Crippen LogP contribution in [-0.4, -0.2) is 12.9 Å². The van der Waals surface area contributed by atoms with E-state index in [0.29, 0.717) is 11.7 Å². The van der Waals surface area contributed by atoms with Crippen LogP contribution < -0.4 is 4.74 Å². The van der Waals surface area contributed by atoms with Crippen molar-refractivity contribution in [3.8, 4) is 5.75 Å². The van der Waals surface area contributed by atoms with Crippen LogP contribution in [0, 0.1) is 5.92 Å². The number of Topliss-reactive ketones (excluding diaryl/α,β-unsaturated/α-hetero) is 1. The highest BCUT2D eigenvalue weighted by Crippen LogP contribution is 2.40. The maximum Gasteiger partial charge on any atom is 0.166 e. The lowest BCUT2D eigenvalue weighted by Crippen LogP contribution is -2.22. The van der Waals surface area contributed by atoms with E-state index in [1.807, 2.05) is 6.07 Å². The quantitative estimate of drug-likeness (QED) is 0.790. The van der Waals surface area contributed by atoms with Gasteiger partial charge < -0.3 is 4.74 Å². The van der Waals surface area contributed by atoms with Crippen molar-refractivity contribution in [2.24, 2.45) is 5.92 Å². The topological polar surface area (TPSA) is 26.3 Å². The number of benzene rings is 1. The molecular weight excluding hydrogens is 260 g/mol. The molecule has 2 aliphatic carbocycles. The standard InChI is InChI=1S/C19H26O2/c1-3-13-9-10-15-11-16(14-7-5-4-6-8-14)18(21-2)12-17(15)19(13)20/h11-14H,3-10H2,1-2H3. The molecule has 1 unspecified atom stereocenters. The Hall–Kier alpha value is -1.31. The van der Waals surface area contributed by atoms with Crippen molar-refractivity contribution in [1.29, 1.82) is 0 Å². The molecule has 0 bridgehead atoms. The third-order valence-corrected chi connectivity index (χ3v) is 5.39. The predicted octanol–water partition coefficient (Wildman–Crippen LogP) is 4.90. The lowest BCUT2D eigenvalue weighted by molar-refractivity contribution is 0.0898. The van der Waals surface area contributed by atoms with Crippen LogP contribution in [-0.2, 0) is 6.42 Å². The van der Waals surface area contributed by atoms with E-state index in [4.69, 9.17) is 4.74 Å². The highest BCUT2D eigenvalue weighted by Gasteiger charge is 2.29. The fourth-order valence-corrected chi connectivity index (χ4v) is 4.06. The molecule has 0 aliphatic heterocycles. The van der Waals surface area contributed by atoms with Crippen molar-refractivity contribution in [1.82, 2.24) is 0 Å². The number of rotatable bonds is 3. The maximum absolute atomic E-state index is 12.5. The molecule has 1 atom stereocenters. The van der Waals surface area contributed by atoms with Crippen molar-refractivity contribution < 1.29 is 9.53 Å². The molecule has 3 rings (SSSR count). The van der Waals surface area contributed by atoms with E-state index in [1.54, 1.807) is 7.11 Å². The number of carbonyl (C=O) groups excluding carboxylic acids is 1. The minimum atomic E-state index is 0.211. The number of ketones is 1. The fraction of sp³-hybridized carbons (Fsp3) is 0.632. The van der Waals surface area contributed by atoms with Crippen LogP contribution >= 0.6 is 0 Å². The predicted molar refractivity (Wildman–Crippen MR) is 85.3 cm³/mol. The first kappa shape index (κ1) is 14.6. The summed E-state index contributed by atoms with van der Waals surface area (Å²) in [5.41, 5.74) is 3.52. The minimum Gasteiger partial charge on any atom is -0.496 e. The Morgan fingerprint density at radius 2 is 1.90 bits per heavy atom. The summed E-state index contributed by atoms with van der Waals surface area (Å²) in [6.07, 6.45) is 9.54. The highest BCUT2D eigenvalue weighted by molar-refractivity contribution is 6.00. The van der Waals surface area contributed by atoms with Gasteiger partial charge in [0.05, 0.1) is 7.11 Å². The van der Waals surface area contributed by atoms with Gasteiger partial charge in [0.25, 0.3) is 0 Å². The van der Waals surface area contributed by atoms with E-state index in [-0.39, 0.29) is 5.92 Å². The number of hydrogen-bond donors (Lipinski definition) is 0. The first-order chi connectivity index (χ1) is 10.2. The number of hydrogen-bond acceptors (Lipinski definition) is 2. The lowest BCUT2D eigenvalue weighted by atomic mass is 9.77. The normalized spacial score (nSPS) is 23.0. The lowest BCUT2D eigenvalue weighted by Gasteiger charge is -2.28. The summed E-state index contributed by atoms with van der Waals surface area (Å²) in [5, 5.41) is 0. The zero-order valence-electron chi connectivity index (χ0n) is 13.3. The SMILES string of the molecule is CCC1CCc2cc(C3CCCCC3)c(OC)cc2C1=O. The van der Waals surface area contributed by atoms with Crippen molar-refractivity contribution in [2.75, 3.05) is 7.11 Å². The van der Waals surface area contributed by atoms with Crippen LogP contribution in [0.3, 0.4) is 0 Å². The molecule has 2 heteroatoms. The fourth-order valence-electron chi connectivity index (χ4n) is 4.06. The average Bonchev–Trinajstić information content (AvgIpc) is 2.55. The molecule has 0 aromatic heterocycles. The number of carbonyl (C=O) groups is 1. The van der Waals surface area contributed by atoms with Gasteiger partial charge in [-0.15, -0.1) is 0 Å². The second-order valence-corrected chi connectivity index (χ2v) is 6.59. The molecule has 0 amide bonds. The van der Waals surface area contributed by atoms with Crippen molar-refractivity contribution in [3.63, 3.8) is 0 Å². The molecule has 0 saturated heterocycles. The zero-order chi connectivity index (χ0) is 14.8. The van der Waals surface area contributed by atoms with Gasteiger partial charge in [0, 0.05) is 11.5 Å². The Labute approximate surface area is 127 Å². The van der Waals surface area contributed by atoms with Crippen LogP contribution in [0.5, 0.6) is 5.75 Å². The Morgan fingerprint density at radius 1 is 1.14 bits per heavy atom. The highest BCUT2D eigenvalue weighted by atomic mass is 16.5. The smallest absolute Gasteiger partial charge is 0.166 e. The number of fused-ring (bicyclic) bond motifs is 1. The number of aryl methyl sites for hydroxylation is 1. The zero-order valence-corrected chi connectivity index (χ0v) is 13.3. The first-order valence-corrected chi connectivity index (χ1v) is 8.49. The van der Waals surface area contributed by atoms with Gasteiger partial charge in [0.1, 0.15) is 5.75 Å². The van der Waals surface area contributed by atoms with E-state index >= 15 is 0 Å². The third-order valence-electron chi connectivity index (χ3n) is 5.39. The Bertz CT molecular complexity index is 527. The molecule has 2 aliphatic rings. The molecule has 1 aromatic carbocycles. The molecule has 1 saturated carbocycles. The Kier molecular flexibility index (Phi) is 4.32. The summed E-state index contributed by atoms with van der Waals surface area (Å²) in [4.78, 5) is 12.5. The summed E-state index contributed by atoms with van der Waals surface area (Å²) in [5.74, 6) is 2.10. The van der Waals surface area contributed by atoms with E-state index in [2.05, 4.69) is 13.0 Å². The Morgan fingerprint density at radius 3 is 2.57 bits per heavy atom. The van der Waals surface area contributed by atoms with Gasteiger partial charge in [0.15, 0.2) is 5.78 Å². The van der Waals surface area contributed by atoms with Gasteiger partial charge in [-0.2, -0.15) is 0 Å². The Balaban J connectivity index is 1.98. The van der Waals surface area contributed by atoms with Crippen molar-refractivity contribution in [2.45, 2.75) is 64.2 Å². The van der Waals surface area contributed by atoms with E-state index in [9.17, 15) is 4.79 Å². The van der Waals surface area contributed by atoms with Crippen molar-refractivity contribution >= 4 is 5.78 Å². The van der Waals surface area contributed by atoms with Gasteiger partial charge in [-0.25, -0.2) is 0 Å². The van der Waals surface area contributed by atoms with Gasteiger partial charge >= 0.3 is 0 Å². The van der Waals surface area contributed by atoms with E-state index in [0.717, 1.165) is 30.6 Å². The largest absolute Gasteiger partial charge is 0.496 e. The summed E-state index contributed by atoms with van der Waals surface area (Å²) < 4.78 is 5.63. The summed E-state index contributed by atoms with van der Waals surface area (Å²) in [6.45, 7) is 2.11. The van der Waals surface area contributed by atoms with Crippen LogP contribution in [0.1, 0.15) is 79.3 Å². The molecule has 1 fully saturated rings. The number of ether oxygens (including phenoxy) is 1. The third kappa shape index (κ3) is 2.73. The van der Waals surface area contributed by atoms with Gasteiger partial charge in [-0.3, -0.25) is 4.79 Å². The molecule has 0 spiro atoms. The van der Waals surface area contributed by atoms with Gasteiger partial charge in [-0.05, 0) is 55.2 Å². The summed E-state index contributed by atoms with van der Waals surface area (Å²) in [6, 6.07) is 4.32. The van der Waals surface area contributed by atoms with Gasteiger partial charge in [-0.1, -0.05) is 32.3 Å². The molecule has 2 nitrogen and oxygen atoms in total. The second kappa shape index (κ2) is 6.21. The van der Waals surface area contributed by atoms with Crippen LogP contribution in [0.2, 0.25) is 0 Å². The molecular formula is C19H26O2. The monoisotopic (exact) mass is 286 g/mol. The molecule has 0 heterocycles. The van der Waals surface area contributed by atoms with E-state index in [1.165, 1.54) is 43.2 Å². The first-order valence-electron chi connectivity index (χ1n) is 8.49. The maximum atomic E-state index is 12.5. The summed E-state index contributed by atoms with van der Waals surface area (Å²) in [7, 11) is 1.73. The van der Waals surface area contributed by atoms with Gasteiger partial charge in [0.2, 0.25) is 0 Å². The molecule has 114 valence electrons. The molecule has 0 N–H and O–H groups in total. The molecule has 0 radical (unpaired) electrons. The average molecular weight is 286 g/mol. The van der Waals surface area contributed by atoms with E-state index < -0.39 is 0 Å². The second-order valence-electron chi connectivity index (χ2n) is 6.59. The summed E-state index contributed by atoms with van der Waals surface area (Å²) >= 11 is 0. The molecule has 1 aromatic rings. The van der Waals surface area contributed by atoms with Crippen LogP contribution in [0.4, 0.5) is 0 Å². The molecule has 21 heavy (non-hydrogen) atoms. The number of methoxy groups -OCH3 is 1. The van der Waals surface area contributed by atoms with Crippen LogP contribution in [0.25, 0.3) is 0 Å². The van der Waals surface area contributed by atoms with Crippen LogP contribution in [0.15, 0.2) is 12.1 Å².